The molecule has 0 radical (unpaired) electrons. The largest absolute Gasteiger partial charge is 0.493 e. The first-order valence-electron chi connectivity index (χ1n) is 9.89. The third-order valence-electron chi connectivity index (χ3n) is 4.39. The van der Waals surface area contributed by atoms with Gasteiger partial charge in [0.05, 0.1) is 26.0 Å². The maximum atomic E-state index is 12.7. The summed E-state index contributed by atoms with van der Waals surface area (Å²) in [6.45, 7) is 4.25. The van der Waals surface area contributed by atoms with Crippen LogP contribution in [-0.2, 0) is 6.54 Å². The van der Waals surface area contributed by atoms with Crippen LogP contribution in [0.15, 0.2) is 76.8 Å². The number of ether oxygens (including phenoxy) is 2. The quantitative estimate of drug-likeness (QED) is 0.448. The van der Waals surface area contributed by atoms with Crippen molar-refractivity contribution in [2.24, 2.45) is 5.10 Å². The summed E-state index contributed by atoms with van der Waals surface area (Å²) in [7, 11) is 1.56. The van der Waals surface area contributed by atoms with Crippen LogP contribution in [0, 0.1) is 0 Å². The zero-order valence-corrected chi connectivity index (χ0v) is 17.7. The molecule has 0 saturated carbocycles. The Balaban J connectivity index is 1.70. The van der Waals surface area contributed by atoms with E-state index in [2.05, 4.69) is 10.5 Å². The van der Waals surface area contributed by atoms with E-state index in [1.807, 2.05) is 44.2 Å². The minimum atomic E-state index is -0.574. The lowest BCUT2D eigenvalue weighted by molar-refractivity contribution is 0.0953. The molecule has 1 amide bonds. The standard InChI is InChI=1S/C24H25N3O4/c1-17(2)31-21-12-11-19(14-22(21)30-3)15-25-26-23(28)20-10-7-13-27(24(20)29)16-18-8-5-4-6-9-18/h4-15,17H,16H2,1-3H3,(H,26,28)/b25-15-. The first-order valence-corrected chi connectivity index (χ1v) is 9.89. The molecule has 2 aromatic carbocycles. The Hall–Kier alpha value is -3.87. The van der Waals surface area contributed by atoms with E-state index in [-0.39, 0.29) is 17.2 Å². The van der Waals surface area contributed by atoms with Crippen molar-refractivity contribution in [1.29, 1.82) is 0 Å². The fourth-order valence-corrected chi connectivity index (χ4v) is 2.96. The van der Waals surface area contributed by atoms with Crippen LogP contribution in [0.25, 0.3) is 0 Å². The number of carbonyl (C=O) groups is 1. The summed E-state index contributed by atoms with van der Waals surface area (Å²) in [5.74, 6) is 0.619. The topological polar surface area (TPSA) is 81.9 Å². The number of hydrogen-bond donors (Lipinski definition) is 1. The molecule has 0 atom stereocenters. The second-order valence-corrected chi connectivity index (χ2v) is 7.12. The van der Waals surface area contributed by atoms with E-state index < -0.39 is 5.91 Å². The van der Waals surface area contributed by atoms with Crippen LogP contribution in [0.1, 0.15) is 35.3 Å². The number of methoxy groups -OCH3 is 1. The van der Waals surface area contributed by atoms with E-state index in [1.54, 1.807) is 37.6 Å². The molecule has 1 N–H and O–H groups in total. The van der Waals surface area contributed by atoms with Gasteiger partial charge in [-0.2, -0.15) is 5.10 Å². The van der Waals surface area contributed by atoms with Gasteiger partial charge >= 0.3 is 0 Å². The fourth-order valence-electron chi connectivity index (χ4n) is 2.96. The summed E-state index contributed by atoms with van der Waals surface area (Å²) in [6.07, 6.45) is 3.15. The molecule has 3 rings (SSSR count). The van der Waals surface area contributed by atoms with Gasteiger partial charge in [-0.1, -0.05) is 30.3 Å². The summed E-state index contributed by atoms with van der Waals surface area (Å²) in [4.78, 5) is 25.2. The second kappa shape index (κ2) is 10.2. The molecule has 3 aromatic rings. The van der Waals surface area contributed by atoms with Crippen LogP contribution in [0.5, 0.6) is 11.5 Å². The number of benzene rings is 2. The Kier molecular flexibility index (Phi) is 7.22. The number of nitrogens with zero attached hydrogens (tertiary/aromatic N) is 2. The average Bonchev–Trinajstić information content (AvgIpc) is 2.76. The fraction of sp³-hybridized carbons (Fsp3) is 0.208. The van der Waals surface area contributed by atoms with Gasteiger partial charge in [-0.15, -0.1) is 0 Å². The van der Waals surface area contributed by atoms with Gasteiger partial charge in [-0.3, -0.25) is 9.59 Å². The van der Waals surface area contributed by atoms with Gasteiger partial charge in [0.2, 0.25) is 0 Å². The monoisotopic (exact) mass is 419 g/mol. The third-order valence-corrected chi connectivity index (χ3v) is 4.39. The number of nitrogens with one attached hydrogen (secondary N) is 1. The molecule has 0 fully saturated rings. The van der Waals surface area contributed by atoms with Crippen LogP contribution >= 0.6 is 0 Å². The number of rotatable bonds is 8. The Morgan fingerprint density at radius 3 is 2.58 bits per heavy atom. The van der Waals surface area contributed by atoms with Crippen molar-refractivity contribution in [1.82, 2.24) is 9.99 Å². The van der Waals surface area contributed by atoms with E-state index in [0.717, 1.165) is 5.56 Å². The number of hydrazone groups is 1. The highest BCUT2D eigenvalue weighted by atomic mass is 16.5. The first kappa shape index (κ1) is 21.8. The van der Waals surface area contributed by atoms with E-state index in [1.165, 1.54) is 16.8 Å². The van der Waals surface area contributed by atoms with Gasteiger partial charge in [0, 0.05) is 6.20 Å². The van der Waals surface area contributed by atoms with Crippen molar-refractivity contribution in [2.75, 3.05) is 7.11 Å². The van der Waals surface area contributed by atoms with Crippen molar-refractivity contribution < 1.29 is 14.3 Å². The summed E-state index contributed by atoms with van der Waals surface area (Å²) in [5.41, 5.74) is 3.73. The van der Waals surface area contributed by atoms with Crippen LogP contribution < -0.4 is 20.5 Å². The van der Waals surface area contributed by atoms with Gasteiger partial charge in [0.15, 0.2) is 11.5 Å². The molecular formula is C24H25N3O4. The normalized spacial score (nSPS) is 11.0. The Bertz CT molecular complexity index is 1120. The number of amides is 1. The maximum absolute atomic E-state index is 12.7. The van der Waals surface area contributed by atoms with Crippen molar-refractivity contribution in [3.63, 3.8) is 0 Å². The van der Waals surface area contributed by atoms with Gasteiger partial charge in [0.25, 0.3) is 11.5 Å². The van der Waals surface area contributed by atoms with Crippen molar-refractivity contribution in [3.05, 3.63) is 93.9 Å². The van der Waals surface area contributed by atoms with E-state index in [4.69, 9.17) is 9.47 Å². The smallest absolute Gasteiger partial charge is 0.276 e. The van der Waals surface area contributed by atoms with Crippen LogP contribution in [0.3, 0.4) is 0 Å². The van der Waals surface area contributed by atoms with Crippen LogP contribution in [0.4, 0.5) is 0 Å². The van der Waals surface area contributed by atoms with Gasteiger partial charge in [-0.05, 0) is 55.3 Å². The number of carbonyl (C=O) groups excluding carboxylic acids is 1. The summed E-state index contributed by atoms with van der Waals surface area (Å²) < 4.78 is 12.5. The number of aromatic nitrogens is 1. The molecule has 1 heterocycles. The van der Waals surface area contributed by atoms with E-state index >= 15 is 0 Å². The highest BCUT2D eigenvalue weighted by Gasteiger charge is 2.12. The van der Waals surface area contributed by atoms with Crippen LogP contribution in [-0.4, -0.2) is 29.9 Å². The summed E-state index contributed by atoms with van der Waals surface area (Å²) >= 11 is 0. The lowest BCUT2D eigenvalue weighted by Crippen LogP contribution is -2.30. The molecule has 7 heteroatoms. The van der Waals surface area contributed by atoms with Crippen molar-refractivity contribution in [3.8, 4) is 11.5 Å². The average molecular weight is 419 g/mol. The van der Waals surface area contributed by atoms with Gasteiger partial charge in [-0.25, -0.2) is 5.43 Å². The van der Waals surface area contributed by atoms with Crippen molar-refractivity contribution in [2.45, 2.75) is 26.5 Å². The zero-order chi connectivity index (χ0) is 22.2. The molecule has 1 aromatic heterocycles. The molecule has 160 valence electrons. The maximum Gasteiger partial charge on any atom is 0.276 e. The molecule has 31 heavy (non-hydrogen) atoms. The summed E-state index contributed by atoms with van der Waals surface area (Å²) in [6, 6.07) is 18.1. The SMILES string of the molecule is COc1cc(/C=N\NC(=O)c2cccn(Cc3ccccc3)c2=O)ccc1OC(C)C. The minimum absolute atomic E-state index is 0.0181. The van der Waals surface area contributed by atoms with Crippen molar-refractivity contribution >= 4 is 12.1 Å². The predicted octanol–water partition coefficient (Wildman–Crippen LogP) is 3.46. The molecular weight excluding hydrogens is 394 g/mol. The van der Waals surface area contributed by atoms with Crippen LogP contribution in [0.2, 0.25) is 0 Å². The number of hydrogen-bond acceptors (Lipinski definition) is 5. The molecule has 7 nitrogen and oxygen atoms in total. The molecule has 0 bridgehead atoms. The highest BCUT2D eigenvalue weighted by molar-refractivity contribution is 5.94. The number of pyridine rings is 1. The molecule has 0 aliphatic heterocycles. The molecule has 0 saturated heterocycles. The minimum Gasteiger partial charge on any atom is -0.493 e. The predicted molar refractivity (Wildman–Crippen MR) is 120 cm³/mol. The van der Waals surface area contributed by atoms with E-state index in [0.29, 0.717) is 23.6 Å². The summed E-state index contributed by atoms with van der Waals surface area (Å²) in [5, 5.41) is 3.97. The third kappa shape index (κ3) is 5.82. The lowest BCUT2D eigenvalue weighted by Gasteiger charge is -2.13. The zero-order valence-electron chi connectivity index (χ0n) is 17.7. The Morgan fingerprint density at radius 1 is 1.10 bits per heavy atom. The van der Waals surface area contributed by atoms with E-state index in [9.17, 15) is 9.59 Å². The molecule has 0 unspecified atom stereocenters. The van der Waals surface area contributed by atoms with Gasteiger partial charge in [0.1, 0.15) is 5.56 Å². The Morgan fingerprint density at radius 2 is 1.87 bits per heavy atom. The second-order valence-electron chi connectivity index (χ2n) is 7.12. The Labute approximate surface area is 180 Å². The molecule has 0 aliphatic carbocycles. The first-order chi connectivity index (χ1) is 15.0. The lowest BCUT2D eigenvalue weighted by atomic mass is 10.2. The highest BCUT2D eigenvalue weighted by Crippen LogP contribution is 2.28. The molecule has 0 aliphatic rings. The van der Waals surface area contributed by atoms with Gasteiger partial charge < -0.3 is 14.0 Å². The molecule has 0 spiro atoms.